The first kappa shape index (κ1) is 18.3. The third-order valence-corrected chi connectivity index (χ3v) is 5.17. The summed E-state index contributed by atoms with van der Waals surface area (Å²) in [5, 5.41) is 9.73. The maximum Gasteiger partial charge on any atom is 0.260 e. The van der Waals surface area contributed by atoms with E-state index in [1.54, 1.807) is 24.3 Å². The molecule has 1 heterocycles. The van der Waals surface area contributed by atoms with Gasteiger partial charge in [0.1, 0.15) is 0 Å². The maximum atomic E-state index is 12.5. The lowest BCUT2D eigenvalue weighted by Gasteiger charge is -2.33. The second-order valence-electron chi connectivity index (χ2n) is 7.07. The van der Waals surface area contributed by atoms with Crippen molar-refractivity contribution in [3.63, 3.8) is 0 Å². The third kappa shape index (κ3) is 4.78. The van der Waals surface area contributed by atoms with Crippen LogP contribution in [-0.2, 0) is 11.2 Å². The molecule has 1 saturated heterocycles. The number of piperidine rings is 1. The van der Waals surface area contributed by atoms with Gasteiger partial charge in [-0.05, 0) is 61.8 Å². The highest BCUT2D eigenvalue weighted by Crippen LogP contribution is 2.25. The summed E-state index contributed by atoms with van der Waals surface area (Å²) in [7, 11) is 0. The minimum absolute atomic E-state index is 0.00570. The summed E-state index contributed by atoms with van der Waals surface area (Å²) in [6.07, 6.45) is 4.39. The highest BCUT2D eigenvalue weighted by molar-refractivity contribution is 5.78. The molecular formula is C22H27NO3. The molecule has 0 spiro atoms. The Bertz CT molecular complexity index is 744. The van der Waals surface area contributed by atoms with E-state index in [1.165, 1.54) is 17.5 Å². The summed E-state index contributed by atoms with van der Waals surface area (Å²) >= 11 is 0. The van der Waals surface area contributed by atoms with Gasteiger partial charge in [0.25, 0.3) is 5.91 Å². The molecule has 0 aromatic heterocycles. The number of nitrogens with zero attached hydrogens (tertiary/aromatic N) is 1. The lowest BCUT2D eigenvalue weighted by molar-refractivity contribution is -0.135. The molecule has 0 aliphatic carbocycles. The number of hydrogen-bond acceptors (Lipinski definition) is 3. The number of likely N-dealkylation sites (tertiary alicyclic amines) is 1. The zero-order valence-electron chi connectivity index (χ0n) is 15.4. The number of benzene rings is 2. The highest BCUT2D eigenvalue weighted by atomic mass is 16.5. The van der Waals surface area contributed by atoms with E-state index in [-0.39, 0.29) is 18.3 Å². The molecule has 1 aliphatic heterocycles. The molecule has 1 atom stereocenters. The summed E-state index contributed by atoms with van der Waals surface area (Å²) in [5.74, 6) is 0.954. The van der Waals surface area contributed by atoms with Gasteiger partial charge in [0, 0.05) is 13.1 Å². The number of aromatic hydroxyl groups is 1. The number of carbonyl (C=O) groups excluding carboxylic acids is 1. The van der Waals surface area contributed by atoms with Crippen molar-refractivity contribution in [2.75, 3.05) is 19.7 Å². The normalized spacial score (nSPS) is 17.1. The van der Waals surface area contributed by atoms with Gasteiger partial charge >= 0.3 is 0 Å². The van der Waals surface area contributed by atoms with E-state index in [0.29, 0.717) is 11.7 Å². The molecule has 1 fully saturated rings. The largest absolute Gasteiger partial charge is 0.504 e. The third-order valence-electron chi connectivity index (χ3n) is 5.17. The zero-order valence-corrected chi connectivity index (χ0v) is 15.4. The van der Waals surface area contributed by atoms with E-state index in [0.717, 1.165) is 32.4 Å². The first-order chi connectivity index (χ1) is 12.6. The summed E-state index contributed by atoms with van der Waals surface area (Å²) in [5.41, 5.74) is 2.74. The average molecular weight is 353 g/mol. The van der Waals surface area contributed by atoms with Gasteiger partial charge in [-0.2, -0.15) is 0 Å². The van der Waals surface area contributed by atoms with E-state index < -0.39 is 0 Å². The standard InChI is InChI=1S/C22H27NO3/c1-17-7-2-3-9-19(17)13-12-18-8-6-14-23(15-18)22(25)16-26-21-11-5-4-10-20(21)24/h2-5,7,9-11,18,24H,6,8,12-16H2,1H3. The molecule has 1 amide bonds. The van der Waals surface area contributed by atoms with Gasteiger partial charge < -0.3 is 14.7 Å². The second kappa shape index (κ2) is 8.75. The van der Waals surface area contributed by atoms with Crippen LogP contribution in [0.2, 0.25) is 0 Å². The minimum Gasteiger partial charge on any atom is -0.504 e. The minimum atomic E-state index is -0.0257. The van der Waals surface area contributed by atoms with Gasteiger partial charge in [-0.15, -0.1) is 0 Å². The van der Waals surface area contributed by atoms with E-state index in [4.69, 9.17) is 4.74 Å². The Labute approximate surface area is 155 Å². The maximum absolute atomic E-state index is 12.5. The van der Waals surface area contributed by atoms with Gasteiger partial charge in [0.2, 0.25) is 0 Å². The molecule has 26 heavy (non-hydrogen) atoms. The smallest absolute Gasteiger partial charge is 0.260 e. The van der Waals surface area contributed by atoms with E-state index in [2.05, 4.69) is 31.2 Å². The first-order valence-corrected chi connectivity index (χ1v) is 9.36. The van der Waals surface area contributed by atoms with Crippen LogP contribution in [0, 0.1) is 12.8 Å². The number of amides is 1. The Kier molecular flexibility index (Phi) is 6.16. The summed E-state index contributed by atoms with van der Waals surface area (Å²) in [4.78, 5) is 14.4. The molecule has 0 radical (unpaired) electrons. The number of ether oxygens (including phenoxy) is 1. The van der Waals surface area contributed by atoms with Crippen LogP contribution in [0.5, 0.6) is 11.5 Å². The number of phenols is 1. The van der Waals surface area contributed by atoms with Crippen LogP contribution in [0.4, 0.5) is 0 Å². The molecule has 1 aliphatic rings. The van der Waals surface area contributed by atoms with Crippen LogP contribution >= 0.6 is 0 Å². The van der Waals surface area contributed by atoms with Crippen LogP contribution in [0.1, 0.15) is 30.4 Å². The van der Waals surface area contributed by atoms with Crippen molar-refractivity contribution in [1.82, 2.24) is 4.90 Å². The lowest BCUT2D eigenvalue weighted by atomic mass is 9.90. The Morgan fingerprint density at radius 1 is 1.19 bits per heavy atom. The monoisotopic (exact) mass is 353 g/mol. The van der Waals surface area contributed by atoms with Crippen molar-refractivity contribution in [2.45, 2.75) is 32.6 Å². The number of rotatable bonds is 6. The SMILES string of the molecule is Cc1ccccc1CCC1CCCN(C(=O)COc2ccccc2O)C1. The first-order valence-electron chi connectivity index (χ1n) is 9.36. The Morgan fingerprint density at radius 2 is 1.96 bits per heavy atom. The second-order valence-corrected chi connectivity index (χ2v) is 7.07. The fraction of sp³-hybridized carbons (Fsp3) is 0.409. The van der Waals surface area contributed by atoms with Gasteiger partial charge in [-0.25, -0.2) is 0 Å². The molecule has 0 bridgehead atoms. The topological polar surface area (TPSA) is 49.8 Å². The predicted octanol–water partition coefficient (Wildman–Crippen LogP) is 3.95. The van der Waals surface area contributed by atoms with Crippen molar-refractivity contribution >= 4 is 5.91 Å². The van der Waals surface area contributed by atoms with Crippen molar-refractivity contribution in [3.05, 3.63) is 59.7 Å². The predicted molar refractivity (Wildman–Crippen MR) is 102 cm³/mol. The van der Waals surface area contributed by atoms with Crippen molar-refractivity contribution < 1.29 is 14.6 Å². The van der Waals surface area contributed by atoms with Crippen LogP contribution < -0.4 is 4.74 Å². The van der Waals surface area contributed by atoms with Crippen molar-refractivity contribution in [1.29, 1.82) is 0 Å². The fourth-order valence-corrected chi connectivity index (χ4v) is 3.59. The summed E-state index contributed by atoms with van der Waals surface area (Å²) in [6, 6.07) is 15.3. The molecule has 4 nitrogen and oxygen atoms in total. The van der Waals surface area contributed by atoms with Gasteiger partial charge in [0.05, 0.1) is 0 Å². The molecule has 4 heteroatoms. The molecule has 2 aromatic carbocycles. The molecule has 0 saturated carbocycles. The number of para-hydroxylation sites is 2. The van der Waals surface area contributed by atoms with Gasteiger partial charge in [0.15, 0.2) is 18.1 Å². The van der Waals surface area contributed by atoms with Crippen LogP contribution in [0.25, 0.3) is 0 Å². The summed E-state index contributed by atoms with van der Waals surface area (Å²) in [6.45, 7) is 3.73. The van der Waals surface area contributed by atoms with Gasteiger partial charge in [-0.3, -0.25) is 4.79 Å². The molecule has 2 aromatic rings. The quantitative estimate of drug-likeness (QED) is 0.855. The molecular weight excluding hydrogens is 326 g/mol. The Hall–Kier alpha value is -2.49. The number of aryl methyl sites for hydroxylation is 2. The number of hydrogen-bond donors (Lipinski definition) is 1. The van der Waals surface area contributed by atoms with E-state index >= 15 is 0 Å². The molecule has 1 unspecified atom stereocenters. The van der Waals surface area contributed by atoms with Crippen molar-refractivity contribution in [2.24, 2.45) is 5.92 Å². The lowest BCUT2D eigenvalue weighted by Crippen LogP contribution is -2.42. The van der Waals surface area contributed by atoms with Gasteiger partial charge in [-0.1, -0.05) is 36.4 Å². The van der Waals surface area contributed by atoms with E-state index in [9.17, 15) is 9.90 Å². The molecule has 1 N–H and O–H groups in total. The van der Waals surface area contributed by atoms with Crippen LogP contribution in [0.3, 0.4) is 0 Å². The Morgan fingerprint density at radius 3 is 2.77 bits per heavy atom. The van der Waals surface area contributed by atoms with Crippen LogP contribution in [0.15, 0.2) is 48.5 Å². The molecule has 138 valence electrons. The van der Waals surface area contributed by atoms with Crippen molar-refractivity contribution in [3.8, 4) is 11.5 Å². The summed E-state index contributed by atoms with van der Waals surface area (Å²) < 4.78 is 5.49. The highest BCUT2D eigenvalue weighted by Gasteiger charge is 2.24. The number of phenolic OH excluding ortho intramolecular Hbond substituents is 1. The number of carbonyl (C=O) groups is 1. The fourth-order valence-electron chi connectivity index (χ4n) is 3.59. The average Bonchev–Trinajstić information content (AvgIpc) is 2.67. The molecule has 3 rings (SSSR count). The Balaban J connectivity index is 1.49. The van der Waals surface area contributed by atoms with E-state index in [1.807, 2.05) is 4.90 Å². The zero-order chi connectivity index (χ0) is 18.4. The van der Waals surface area contributed by atoms with Crippen LogP contribution in [-0.4, -0.2) is 35.6 Å².